The third-order valence-electron chi connectivity index (χ3n) is 6.67. The predicted molar refractivity (Wildman–Crippen MR) is 131 cm³/mol. The Morgan fingerprint density at radius 2 is 1.37 bits per heavy atom. The second-order valence-electron chi connectivity index (χ2n) is 10.0. The van der Waals surface area contributed by atoms with Gasteiger partial charge in [0.2, 0.25) is 0 Å². The zero-order valence-electron chi connectivity index (χ0n) is 19.6. The van der Waals surface area contributed by atoms with Crippen LogP contribution in [0.4, 0.5) is 11.4 Å². The molecule has 0 saturated heterocycles. The van der Waals surface area contributed by atoms with Crippen LogP contribution in [0.2, 0.25) is 0 Å². The molecule has 3 aromatic carbocycles. The van der Waals surface area contributed by atoms with Crippen molar-refractivity contribution in [2.24, 2.45) is 0 Å². The maximum Gasteiger partial charge on any atom is 0.0496 e. The van der Waals surface area contributed by atoms with Crippen LogP contribution >= 0.6 is 0 Å². The average Bonchev–Trinajstić information content (AvgIpc) is 2.95. The summed E-state index contributed by atoms with van der Waals surface area (Å²) in [5, 5.41) is 0. The molecule has 3 aromatic rings. The summed E-state index contributed by atoms with van der Waals surface area (Å²) in [5.74, 6) is 0. The third kappa shape index (κ3) is 3.07. The van der Waals surface area contributed by atoms with E-state index in [1.54, 1.807) is 0 Å². The maximum atomic E-state index is 2.62. The summed E-state index contributed by atoms with van der Waals surface area (Å²) in [4.78, 5) is 2.62. The number of hydrogen-bond acceptors (Lipinski definition) is 1. The maximum absolute atomic E-state index is 2.62. The third-order valence-corrected chi connectivity index (χ3v) is 6.67. The van der Waals surface area contributed by atoms with Gasteiger partial charge in [-0.3, -0.25) is 0 Å². The number of anilines is 2. The SMILES string of the molecule is CCc1ccccc1N(c1c(CC)ccc2c1C(C)(C)c1ccccc1-2)C(C)(C)C. The van der Waals surface area contributed by atoms with Crippen LogP contribution in [0.15, 0.2) is 60.7 Å². The fourth-order valence-electron chi connectivity index (χ4n) is 5.27. The standard InChI is InChI=1S/C29H35N/c1-8-20-14-10-13-17-25(20)30(28(3,4)5)27-21(9-2)18-19-23-22-15-11-12-16-24(22)29(6,7)26(23)27/h10-19H,8-9H2,1-7H3. The van der Waals surface area contributed by atoms with Crippen LogP contribution in [0, 0.1) is 0 Å². The van der Waals surface area contributed by atoms with Crippen LogP contribution in [0.3, 0.4) is 0 Å². The zero-order chi connectivity index (χ0) is 21.7. The van der Waals surface area contributed by atoms with Gasteiger partial charge in [0.1, 0.15) is 0 Å². The van der Waals surface area contributed by atoms with E-state index in [0.29, 0.717) is 0 Å². The minimum Gasteiger partial charge on any atom is -0.335 e. The first-order valence-corrected chi connectivity index (χ1v) is 11.4. The van der Waals surface area contributed by atoms with Crippen molar-refractivity contribution in [1.29, 1.82) is 0 Å². The lowest BCUT2D eigenvalue weighted by Gasteiger charge is -2.43. The second kappa shape index (κ2) is 7.30. The van der Waals surface area contributed by atoms with Gasteiger partial charge in [0.25, 0.3) is 0 Å². The van der Waals surface area contributed by atoms with E-state index in [4.69, 9.17) is 0 Å². The Labute approximate surface area is 182 Å². The number of fused-ring (bicyclic) bond motifs is 3. The molecule has 0 heterocycles. The molecule has 0 bridgehead atoms. The van der Waals surface area contributed by atoms with Crippen LogP contribution in [0.1, 0.15) is 70.7 Å². The van der Waals surface area contributed by atoms with Gasteiger partial charge in [-0.05, 0) is 73.1 Å². The van der Waals surface area contributed by atoms with Crippen LogP contribution in [0.5, 0.6) is 0 Å². The molecule has 0 aliphatic heterocycles. The van der Waals surface area contributed by atoms with Crippen molar-refractivity contribution in [3.05, 3.63) is 82.9 Å². The summed E-state index contributed by atoms with van der Waals surface area (Å²) in [6, 6.07) is 22.6. The summed E-state index contributed by atoms with van der Waals surface area (Å²) in [6.45, 7) is 16.4. The summed E-state index contributed by atoms with van der Waals surface area (Å²) >= 11 is 0. The zero-order valence-corrected chi connectivity index (χ0v) is 19.6. The molecule has 0 fully saturated rings. The largest absolute Gasteiger partial charge is 0.335 e. The van der Waals surface area contributed by atoms with Crippen LogP contribution in [-0.2, 0) is 18.3 Å². The molecule has 1 aliphatic carbocycles. The molecule has 1 aliphatic rings. The molecule has 1 heteroatoms. The van der Waals surface area contributed by atoms with Crippen molar-refractivity contribution in [2.75, 3.05) is 4.90 Å². The van der Waals surface area contributed by atoms with Crippen molar-refractivity contribution in [2.45, 2.75) is 72.3 Å². The molecular weight excluding hydrogens is 362 g/mol. The lowest BCUT2D eigenvalue weighted by Crippen LogP contribution is -2.40. The van der Waals surface area contributed by atoms with Crippen LogP contribution in [0.25, 0.3) is 11.1 Å². The van der Waals surface area contributed by atoms with Gasteiger partial charge in [0.05, 0.1) is 0 Å². The molecule has 0 radical (unpaired) electrons. The number of para-hydroxylation sites is 1. The molecule has 0 atom stereocenters. The van der Waals surface area contributed by atoms with E-state index in [1.165, 1.54) is 44.8 Å². The molecule has 156 valence electrons. The molecule has 0 spiro atoms. The van der Waals surface area contributed by atoms with Crippen LogP contribution in [-0.4, -0.2) is 5.54 Å². The van der Waals surface area contributed by atoms with Crippen molar-refractivity contribution in [3.8, 4) is 11.1 Å². The normalized spacial score (nSPS) is 14.4. The van der Waals surface area contributed by atoms with Gasteiger partial charge in [0.15, 0.2) is 0 Å². The highest BCUT2D eigenvalue weighted by atomic mass is 15.2. The molecule has 30 heavy (non-hydrogen) atoms. The van der Waals surface area contributed by atoms with E-state index in [1.807, 2.05) is 0 Å². The molecule has 1 nitrogen and oxygen atoms in total. The Balaban J connectivity index is 2.10. The highest BCUT2D eigenvalue weighted by Gasteiger charge is 2.41. The molecule has 0 amide bonds. The van der Waals surface area contributed by atoms with E-state index >= 15 is 0 Å². The first-order valence-electron chi connectivity index (χ1n) is 11.4. The van der Waals surface area contributed by atoms with Gasteiger partial charge in [-0.25, -0.2) is 0 Å². The Hall–Kier alpha value is -2.54. The average molecular weight is 398 g/mol. The van der Waals surface area contributed by atoms with Crippen molar-refractivity contribution >= 4 is 11.4 Å². The van der Waals surface area contributed by atoms with E-state index in [9.17, 15) is 0 Å². The Morgan fingerprint density at radius 3 is 2.03 bits per heavy atom. The molecule has 0 aromatic heterocycles. The van der Waals surface area contributed by atoms with Crippen molar-refractivity contribution in [3.63, 3.8) is 0 Å². The monoisotopic (exact) mass is 397 g/mol. The smallest absolute Gasteiger partial charge is 0.0496 e. The first-order chi connectivity index (χ1) is 14.2. The van der Waals surface area contributed by atoms with E-state index in [0.717, 1.165) is 12.8 Å². The van der Waals surface area contributed by atoms with Crippen molar-refractivity contribution < 1.29 is 0 Å². The van der Waals surface area contributed by atoms with E-state index in [2.05, 4.69) is 114 Å². The van der Waals surface area contributed by atoms with Gasteiger partial charge < -0.3 is 4.90 Å². The number of rotatable bonds is 4. The first kappa shape index (κ1) is 20.7. The highest BCUT2D eigenvalue weighted by molar-refractivity contribution is 5.89. The second-order valence-corrected chi connectivity index (χ2v) is 10.0. The lowest BCUT2D eigenvalue weighted by molar-refractivity contribution is 0.550. The fraction of sp³-hybridized carbons (Fsp3) is 0.379. The lowest BCUT2D eigenvalue weighted by atomic mass is 9.79. The number of aryl methyl sites for hydroxylation is 2. The topological polar surface area (TPSA) is 3.24 Å². The predicted octanol–water partition coefficient (Wildman–Crippen LogP) is 8.05. The van der Waals surface area contributed by atoms with Gasteiger partial charge in [-0.1, -0.05) is 82.3 Å². The quantitative estimate of drug-likeness (QED) is 0.430. The van der Waals surface area contributed by atoms with E-state index in [-0.39, 0.29) is 11.0 Å². The Kier molecular flexibility index (Phi) is 5.04. The van der Waals surface area contributed by atoms with Gasteiger partial charge in [-0.2, -0.15) is 0 Å². The minimum atomic E-state index is -0.0465. The van der Waals surface area contributed by atoms with Gasteiger partial charge >= 0.3 is 0 Å². The summed E-state index contributed by atoms with van der Waals surface area (Å²) < 4.78 is 0. The van der Waals surface area contributed by atoms with Crippen molar-refractivity contribution in [1.82, 2.24) is 0 Å². The summed E-state index contributed by atoms with van der Waals surface area (Å²) in [7, 11) is 0. The van der Waals surface area contributed by atoms with E-state index < -0.39 is 0 Å². The molecule has 4 rings (SSSR count). The molecule has 0 N–H and O–H groups in total. The van der Waals surface area contributed by atoms with Gasteiger partial charge in [-0.15, -0.1) is 0 Å². The number of nitrogens with zero attached hydrogens (tertiary/aromatic N) is 1. The highest BCUT2D eigenvalue weighted by Crippen LogP contribution is 2.55. The number of hydrogen-bond donors (Lipinski definition) is 0. The Morgan fingerprint density at radius 1 is 0.733 bits per heavy atom. The summed E-state index contributed by atoms with van der Waals surface area (Å²) in [5.41, 5.74) is 11.2. The fourth-order valence-corrected chi connectivity index (χ4v) is 5.27. The van der Waals surface area contributed by atoms with Gasteiger partial charge in [0, 0.05) is 22.3 Å². The molecule has 0 saturated carbocycles. The number of benzene rings is 3. The minimum absolute atomic E-state index is 0.0307. The van der Waals surface area contributed by atoms with Crippen LogP contribution < -0.4 is 4.90 Å². The molecule has 0 unspecified atom stereocenters. The molecular formula is C29H35N. The summed E-state index contributed by atoms with van der Waals surface area (Å²) in [6.07, 6.45) is 2.05. The Bertz CT molecular complexity index is 1080.